The van der Waals surface area contributed by atoms with Gasteiger partial charge in [0.1, 0.15) is 24.0 Å². The van der Waals surface area contributed by atoms with Crippen molar-refractivity contribution in [2.24, 2.45) is 0 Å². The van der Waals surface area contributed by atoms with Crippen LogP contribution in [-0.4, -0.2) is 46.0 Å². The molecule has 0 fully saturated rings. The van der Waals surface area contributed by atoms with Crippen LogP contribution in [0.3, 0.4) is 0 Å². The van der Waals surface area contributed by atoms with Gasteiger partial charge in [-0.2, -0.15) is 0 Å². The number of ether oxygens (including phenoxy) is 1. The summed E-state index contributed by atoms with van der Waals surface area (Å²) >= 11 is 0. The lowest BCUT2D eigenvalue weighted by Crippen LogP contribution is -2.50. The monoisotopic (exact) mass is 515 g/mol. The Labute approximate surface area is 206 Å². The van der Waals surface area contributed by atoms with Gasteiger partial charge in [-0.1, -0.05) is 0 Å². The summed E-state index contributed by atoms with van der Waals surface area (Å²) in [5, 5.41) is 4.82. The van der Waals surface area contributed by atoms with Gasteiger partial charge in [0.05, 0.1) is 17.6 Å². The Hall–Kier alpha value is -4.81. The molecule has 4 aromatic rings. The lowest BCUT2D eigenvalue weighted by Gasteiger charge is -2.18. The number of imidazole rings is 1. The van der Waals surface area contributed by atoms with Crippen molar-refractivity contribution in [2.45, 2.75) is 12.6 Å². The second-order valence-electron chi connectivity index (χ2n) is 7.97. The maximum Gasteiger partial charge on any atom is 0.323 e. The van der Waals surface area contributed by atoms with Gasteiger partial charge in [-0.3, -0.25) is 14.4 Å². The third kappa shape index (κ3) is 5.55. The summed E-state index contributed by atoms with van der Waals surface area (Å²) in [5.41, 5.74) is -0.539. The maximum atomic E-state index is 13.5. The molecule has 0 aliphatic rings. The van der Waals surface area contributed by atoms with Gasteiger partial charge in [-0.05, 0) is 42.0 Å². The first-order valence-corrected chi connectivity index (χ1v) is 10.9. The molecule has 13 heteroatoms. The summed E-state index contributed by atoms with van der Waals surface area (Å²) in [6, 6.07) is 7.57. The summed E-state index contributed by atoms with van der Waals surface area (Å²) in [7, 11) is 1.36. The van der Waals surface area contributed by atoms with Gasteiger partial charge >= 0.3 is 5.69 Å². The predicted octanol–water partition coefficient (Wildman–Crippen LogP) is 1.41. The quantitative estimate of drug-likeness (QED) is 0.263. The number of pyridine rings is 1. The van der Waals surface area contributed by atoms with Crippen LogP contribution in [0.5, 0.6) is 5.75 Å². The van der Waals surface area contributed by atoms with E-state index in [1.807, 2.05) is 0 Å². The van der Waals surface area contributed by atoms with Gasteiger partial charge < -0.3 is 29.9 Å². The highest BCUT2D eigenvalue weighted by Gasteiger charge is 2.23. The molecule has 1 atom stereocenters. The normalized spacial score (nSPS) is 11.8. The molecule has 0 bridgehead atoms. The Morgan fingerprint density at radius 3 is 2.43 bits per heavy atom. The van der Waals surface area contributed by atoms with Crippen molar-refractivity contribution in [2.75, 3.05) is 13.7 Å². The van der Waals surface area contributed by atoms with Crippen molar-refractivity contribution >= 4 is 22.8 Å². The van der Waals surface area contributed by atoms with Crippen LogP contribution < -0.4 is 26.6 Å². The van der Waals surface area contributed by atoms with E-state index in [-0.39, 0.29) is 24.3 Å². The number of hydrogen-bond donors (Lipinski definition) is 4. The predicted molar refractivity (Wildman–Crippen MR) is 126 cm³/mol. The number of fused-ring (bicyclic) bond motifs is 1. The molecule has 2 amide bonds. The Bertz CT molecular complexity index is 1590. The average Bonchev–Trinajstić information content (AvgIpc) is 3.24. The molecule has 2 heterocycles. The van der Waals surface area contributed by atoms with Gasteiger partial charge in [-0.15, -0.1) is 0 Å². The molecule has 37 heavy (non-hydrogen) atoms. The number of likely N-dealkylation sites (N-methyl/N-ethyl adjacent to an activating group) is 1. The van der Waals surface area contributed by atoms with Gasteiger partial charge in [0.25, 0.3) is 11.5 Å². The van der Waals surface area contributed by atoms with Crippen LogP contribution in [0.2, 0.25) is 0 Å². The Morgan fingerprint density at radius 1 is 1.03 bits per heavy atom. The molecule has 4 rings (SSSR count). The van der Waals surface area contributed by atoms with Crippen LogP contribution in [-0.2, 0) is 11.3 Å². The van der Waals surface area contributed by atoms with E-state index in [1.54, 1.807) is 12.1 Å². The van der Waals surface area contributed by atoms with Crippen molar-refractivity contribution in [3.05, 3.63) is 98.1 Å². The zero-order valence-corrected chi connectivity index (χ0v) is 19.2. The SMILES string of the molecule is CNC(=O)C(COc1ccc2[nH]c(=O)[nH]c2c1)NC(=O)c1cccn(Cc2cc(F)c(F)c(F)c2)c1=O. The van der Waals surface area contributed by atoms with Crippen LogP contribution in [0.4, 0.5) is 13.2 Å². The van der Waals surface area contributed by atoms with E-state index >= 15 is 0 Å². The largest absolute Gasteiger partial charge is 0.491 e. The molecule has 10 nitrogen and oxygen atoms in total. The molecule has 0 radical (unpaired) electrons. The zero-order valence-electron chi connectivity index (χ0n) is 19.2. The van der Waals surface area contributed by atoms with E-state index in [0.717, 1.165) is 16.7 Å². The molecular formula is C24H20F3N5O5. The zero-order chi connectivity index (χ0) is 26.7. The van der Waals surface area contributed by atoms with E-state index in [1.165, 1.54) is 31.4 Å². The molecule has 4 N–H and O–H groups in total. The summed E-state index contributed by atoms with van der Waals surface area (Å²) < 4.78 is 46.9. The topological polar surface area (TPSA) is 138 Å². The Balaban J connectivity index is 1.50. The van der Waals surface area contributed by atoms with Crippen molar-refractivity contribution in [1.82, 2.24) is 25.2 Å². The van der Waals surface area contributed by atoms with Crippen LogP contribution in [0.1, 0.15) is 15.9 Å². The summed E-state index contributed by atoms with van der Waals surface area (Å²) in [4.78, 5) is 54.7. The van der Waals surface area contributed by atoms with Crippen molar-refractivity contribution < 1.29 is 27.5 Å². The van der Waals surface area contributed by atoms with Crippen LogP contribution in [0.15, 0.2) is 58.3 Å². The fraction of sp³-hybridized carbons (Fsp3) is 0.167. The van der Waals surface area contributed by atoms with E-state index < -0.39 is 46.6 Å². The van der Waals surface area contributed by atoms with Gasteiger partial charge in [-0.25, -0.2) is 18.0 Å². The number of nitrogens with zero attached hydrogens (tertiary/aromatic N) is 1. The Morgan fingerprint density at radius 2 is 1.73 bits per heavy atom. The summed E-state index contributed by atoms with van der Waals surface area (Å²) in [6.07, 6.45) is 1.29. The van der Waals surface area contributed by atoms with Gasteiger partial charge in [0.2, 0.25) is 5.91 Å². The minimum Gasteiger partial charge on any atom is -0.491 e. The molecule has 192 valence electrons. The molecule has 0 saturated carbocycles. The average molecular weight is 515 g/mol. The molecule has 0 aliphatic heterocycles. The smallest absolute Gasteiger partial charge is 0.323 e. The first-order valence-electron chi connectivity index (χ1n) is 10.9. The summed E-state index contributed by atoms with van der Waals surface area (Å²) in [6.45, 7) is -0.638. The van der Waals surface area contributed by atoms with Crippen molar-refractivity contribution in [3.8, 4) is 5.75 Å². The molecule has 2 aromatic heterocycles. The maximum absolute atomic E-state index is 13.5. The molecule has 0 aliphatic carbocycles. The third-order valence-corrected chi connectivity index (χ3v) is 5.43. The highest BCUT2D eigenvalue weighted by Crippen LogP contribution is 2.17. The third-order valence-electron chi connectivity index (χ3n) is 5.43. The molecule has 1 unspecified atom stereocenters. The number of hydrogen-bond acceptors (Lipinski definition) is 5. The number of carbonyl (C=O) groups is 2. The fourth-order valence-corrected chi connectivity index (χ4v) is 3.60. The number of benzene rings is 2. The molecule has 0 spiro atoms. The van der Waals surface area contributed by atoms with E-state index in [9.17, 15) is 32.3 Å². The van der Waals surface area contributed by atoms with Crippen molar-refractivity contribution in [1.29, 1.82) is 0 Å². The van der Waals surface area contributed by atoms with E-state index in [2.05, 4.69) is 20.6 Å². The molecule has 2 aromatic carbocycles. The number of aromatic amines is 2. The Kier molecular flexibility index (Phi) is 7.13. The van der Waals surface area contributed by atoms with Gasteiger partial charge in [0.15, 0.2) is 17.5 Å². The van der Waals surface area contributed by atoms with E-state index in [0.29, 0.717) is 16.8 Å². The number of carbonyl (C=O) groups excluding carboxylic acids is 2. The number of aromatic nitrogens is 3. The number of H-pyrrole nitrogens is 2. The molecule has 0 saturated heterocycles. The van der Waals surface area contributed by atoms with Crippen molar-refractivity contribution in [3.63, 3.8) is 0 Å². The lowest BCUT2D eigenvalue weighted by atomic mass is 10.2. The van der Waals surface area contributed by atoms with E-state index in [4.69, 9.17) is 4.74 Å². The number of amides is 2. The highest BCUT2D eigenvalue weighted by atomic mass is 19.2. The number of halogens is 3. The van der Waals surface area contributed by atoms with Crippen LogP contribution in [0.25, 0.3) is 11.0 Å². The number of nitrogens with one attached hydrogen (secondary N) is 4. The standard InChI is InChI=1S/C24H20F3N5O5/c1-28-22(34)19(11-37-13-4-5-17-18(9-13)31-24(36)30-17)29-21(33)14-3-2-6-32(23(14)35)10-12-7-15(25)20(27)16(26)8-12/h2-9,19H,10-11H2,1H3,(H,28,34)(H,29,33)(H2,30,31,36). The first kappa shape index (κ1) is 25.3. The fourth-order valence-electron chi connectivity index (χ4n) is 3.60. The number of rotatable bonds is 8. The van der Waals surface area contributed by atoms with Gasteiger partial charge in [0, 0.05) is 19.3 Å². The first-order chi connectivity index (χ1) is 17.7. The minimum absolute atomic E-state index is 0.0339. The minimum atomic E-state index is -1.63. The van der Waals surface area contributed by atoms with Crippen LogP contribution in [0, 0.1) is 17.5 Å². The van der Waals surface area contributed by atoms with Crippen LogP contribution >= 0.6 is 0 Å². The summed E-state index contributed by atoms with van der Waals surface area (Å²) in [5.74, 6) is -5.63. The second kappa shape index (κ2) is 10.4. The second-order valence-corrected chi connectivity index (χ2v) is 7.97. The lowest BCUT2D eigenvalue weighted by molar-refractivity contribution is -0.123. The highest BCUT2D eigenvalue weighted by molar-refractivity contribution is 5.97. The molecular weight excluding hydrogens is 495 g/mol.